The molecule has 0 spiro atoms. The summed E-state index contributed by atoms with van der Waals surface area (Å²) in [6, 6.07) is 2.01. The van der Waals surface area contributed by atoms with Crippen molar-refractivity contribution in [3.8, 4) is 11.3 Å². The highest BCUT2D eigenvalue weighted by Gasteiger charge is 2.23. The van der Waals surface area contributed by atoms with E-state index in [9.17, 15) is 0 Å². The van der Waals surface area contributed by atoms with Crippen LogP contribution in [0.15, 0.2) is 16.7 Å². The molecule has 2 aromatic rings. The lowest BCUT2D eigenvalue weighted by Crippen LogP contribution is -2.33. The Morgan fingerprint density at radius 1 is 1.47 bits per heavy atom. The van der Waals surface area contributed by atoms with E-state index < -0.39 is 5.54 Å². The van der Waals surface area contributed by atoms with E-state index in [1.54, 1.807) is 0 Å². The van der Waals surface area contributed by atoms with Crippen molar-refractivity contribution in [2.75, 3.05) is 0 Å². The molecule has 0 aliphatic heterocycles. The highest BCUT2D eigenvalue weighted by atomic mass is 16.3. The highest BCUT2D eigenvalue weighted by Crippen LogP contribution is 2.27. The van der Waals surface area contributed by atoms with E-state index in [0.717, 1.165) is 35.0 Å². The lowest BCUT2D eigenvalue weighted by Gasteiger charge is -2.19. The molecule has 0 aliphatic rings. The van der Waals surface area contributed by atoms with Crippen LogP contribution in [0.4, 0.5) is 0 Å². The van der Waals surface area contributed by atoms with Crippen LogP contribution in [0.3, 0.4) is 0 Å². The van der Waals surface area contributed by atoms with Crippen LogP contribution in [0.2, 0.25) is 0 Å². The Labute approximate surface area is 101 Å². The van der Waals surface area contributed by atoms with Crippen molar-refractivity contribution in [3.63, 3.8) is 0 Å². The van der Waals surface area contributed by atoms with E-state index in [0.29, 0.717) is 0 Å². The van der Waals surface area contributed by atoms with Crippen molar-refractivity contribution < 1.29 is 4.42 Å². The van der Waals surface area contributed by atoms with Crippen LogP contribution in [-0.4, -0.2) is 9.97 Å². The van der Waals surface area contributed by atoms with Gasteiger partial charge in [0.1, 0.15) is 17.3 Å². The molecule has 17 heavy (non-hydrogen) atoms. The van der Waals surface area contributed by atoms with Gasteiger partial charge in [-0.25, -0.2) is 4.98 Å². The highest BCUT2D eigenvalue weighted by molar-refractivity contribution is 5.61. The van der Waals surface area contributed by atoms with Crippen LogP contribution >= 0.6 is 0 Å². The minimum atomic E-state index is -0.412. The van der Waals surface area contributed by atoms with Gasteiger partial charge in [0.05, 0.1) is 17.4 Å². The lowest BCUT2D eigenvalue weighted by molar-refractivity contribution is 0.450. The summed E-state index contributed by atoms with van der Waals surface area (Å²) in [5.41, 5.74) is 7.75. The van der Waals surface area contributed by atoms with Gasteiger partial charge in [0.2, 0.25) is 0 Å². The average Bonchev–Trinajstić information content (AvgIpc) is 2.85. The van der Waals surface area contributed by atoms with Gasteiger partial charge in [-0.15, -0.1) is 0 Å². The standard InChI is InChI=1S/C13H19N3O/c1-5-13(4,14)12-15-7-11(16-12)10-6-8(2)17-9(10)3/h6-7H,5,14H2,1-4H3,(H,15,16). The third kappa shape index (κ3) is 2.13. The number of hydrogen-bond donors (Lipinski definition) is 2. The number of nitrogens with zero attached hydrogens (tertiary/aromatic N) is 1. The van der Waals surface area contributed by atoms with E-state index in [1.807, 2.05) is 33.0 Å². The molecule has 92 valence electrons. The number of aromatic nitrogens is 2. The molecular weight excluding hydrogens is 214 g/mol. The Hall–Kier alpha value is -1.55. The van der Waals surface area contributed by atoms with Crippen molar-refractivity contribution in [1.29, 1.82) is 0 Å². The van der Waals surface area contributed by atoms with Gasteiger partial charge in [-0.2, -0.15) is 0 Å². The smallest absolute Gasteiger partial charge is 0.126 e. The molecule has 4 nitrogen and oxygen atoms in total. The van der Waals surface area contributed by atoms with Crippen molar-refractivity contribution in [2.45, 2.75) is 39.7 Å². The third-order valence-corrected chi connectivity index (χ3v) is 3.18. The molecule has 0 aromatic carbocycles. The molecule has 0 bridgehead atoms. The van der Waals surface area contributed by atoms with Gasteiger partial charge in [0, 0.05) is 5.56 Å². The van der Waals surface area contributed by atoms with Gasteiger partial charge >= 0.3 is 0 Å². The van der Waals surface area contributed by atoms with Crippen LogP contribution in [0.1, 0.15) is 37.6 Å². The summed E-state index contributed by atoms with van der Waals surface area (Å²) in [7, 11) is 0. The molecule has 0 saturated heterocycles. The number of aromatic amines is 1. The number of imidazole rings is 1. The SMILES string of the molecule is CCC(C)(N)c1ncc(-c2cc(C)oc2C)[nH]1. The quantitative estimate of drug-likeness (QED) is 0.856. The molecular formula is C13H19N3O. The second-order valence-electron chi connectivity index (χ2n) is 4.74. The van der Waals surface area contributed by atoms with Crippen LogP contribution < -0.4 is 5.73 Å². The van der Waals surface area contributed by atoms with Gasteiger partial charge in [0.25, 0.3) is 0 Å². The number of rotatable bonds is 3. The normalized spacial score (nSPS) is 14.9. The van der Waals surface area contributed by atoms with Crippen molar-refractivity contribution >= 4 is 0 Å². The van der Waals surface area contributed by atoms with Gasteiger partial charge in [-0.1, -0.05) is 6.92 Å². The molecule has 0 radical (unpaired) electrons. The molecule has 3 N–H and O–H groups in total. The van der Waals surface area contributed by atoms with E-state index in [-0.39, 0.29) is 0 Å². The first-order valence-corrected chi connectivity index (χ1v) is 5.86. The van der Waals surface area contributed by atoms with E-state index in [4.69, 9.17) is 10.2 Å². The first-order chi connectivity index (χ1) is 7.94. The molecule has 0 saturated carbocycles. The summed E-state index contributed by atoms with van der Waals surface area (Å²) in [5, 5.41) is 0. The monoisotopic (exact) mass is 233 g/mol. The number of nitrogens with two attached hydrogens (primary N) is 1. The molecule has 0 aliphatic carbocycles. The van der Waals surface area contributed by atoms with Crippen molar-refractivity contribution in [2.24, 2.45) is 5.73 Å². The fourth-order valence-electron chi connectivity index (χ4n) is 1.81. The summed E-state index contributed by atoms with van der Waals surface area (Å²) < 4.78 is 5.51. The summed E-state index contributed by atoms with van der Waals surface area (Å²) in [4.78, 5) is 7.64. The zero-order chi connectivity index (χ0) is 12.6. The minimum Gasteiger partial charge on any atom is -0.466 e. The van der Waals surface area contributed by atoms with Gasteiger partial charge in [-0.05, 0) is 33.3 Å². The van der Waals surface area contributed by atoms with Gasteiger partial charge in [0.15, 0.2) is 0 Å². The maximum Gasteiger partial charge on any atom is 0.126 e. The Balaban J connectivity index is 2.40. The molecule has 2 rings (SSSR count). The number of aryl methyl sites for hydroxylation is 2. The van der Waals surface area contributed by atoms with Crippen LogP contribution in [0.5, 0.6) is 0 Å². The average molecular weight is 233 g/mol. The van der Waals surface area contributed by atoms with E-state index >= 15 is 0 Å². The number of H-pyrrole nitrogens is 1. The summed E-state index contributed by atoms with van der Waals surface area (Å²) in [5.74, 6) is 2.61. The largest absolute Gasteiger partial charge is 0.466 e. The van der Waals surface area contributed by atoms with Gasteiger partial charge < -0.3 is 15.1 Å². The predicted octanol–water partition coefficient (Wildman–Crippen LogP) is 2.87. The zero-order valence-electron chi connectivity index (χ0n) is 10.8. The lowest BCUT2D eigenvalue weighted by atomic mass is 10.00. The molecule has 0 amide bonds. The first-order valence-electron chi connectivity index (χ1n) is 5.86. The van der Waals surface area contributed by atoms with Crippen molar-refractivity contribution in [3.05, 3.63) is 29.6 Å². The Bertz CT molecular complexity index is 523. The maximum atomic E-state index is 6.15. The molecule has 0 fully saturated rings. The van der Waals surface area contributed by atoms with E-state index in [2.05, 4.69) is 16.9 Å². The molecule has 1 atom stereocenters. The topological polar surface area (TPSA) is 67.8 Å². The molecule has 1 unspecified atom stereocenters. The predicted molar refractivity (Wildman–Crippen MR) is 67.6 cm³/mol. The molecule has 2 aromatic heterocycles. The van der Waals surface area contributed by atoms with Gasteiger partial charge in [-0.3, -0.25) is 0 Å². The Morgan fingerprint density at radius 2 is 2.18 bits per heavy atom. The Morgan fingerprint density at radius 3 is 2.71 bits per heavy atom. The minimum absolute atomic E-state index is 0.412. The van der Waals surface area contributed by atoms with Crippen LogP contribution in [0, 0.1) is 13.8 Å². The fourth-order valence-corrected chi connectivity index (χ4v) is 1.81. The number of hydrogen-bond acceptors (Lipinski definition) is 3. The summed E-state index contributed by atoms with van der Waals surface area (Å²) >= 11 is 0. The summed E-state index contributed by atoms with van der Waals surface area (Å²) in [6.45, 7) is 7.91. The maximum absolute atomic E-state index is 6.15. The fraction of sp³-hybridized carbons (Fsp3) is 0.462. The number of furan rings is 1. The third-order valence-electron chi connectivity index (χ3n) is 3.18. The zero-order valence-corrected chi connectivity index (χ0v) is 10.8. The number of nitrogens with one attached hydrogen (secondary N) is 1. The summed E-state index contributed by atoms with van der Waals surface area (Å²) in [6.07, 6.45) is 2.65. The first kappa shape index (κ1) is 11.9. The second kappa shape index (κ2) is 4.04. The molecule has 4 heteroatoms. The second-order valence-corrected chi connectivity index (χ2v) is 4.74. The Kier molecular flexibility index (Phi) is 2.83. The van der Waals surface area contributed by atoms with Crippen LogP contribution in [-0.2, 0) is 5.54 Å². The van der Waals surface area contributed by atoms with E-state index in [1.165, 1.54) is 0 Å². The molecule has 2 heterocycles. The van der Waals surface area contributed by atoms with Crippen molar-refractivity contribution in [1.82, 2.24) is 9.97 Å². The van der Waals surface area contributed by atoms with Crippen LogP contribution in [0.25, 0.3) is 11.3 Å².